The molecule has 0 N–H and O–H groups in total. The molecule has 7 heteroatoms. The Balaban J connectivity index is 0.899. The van der Waals surface area contributed by atoms with Gasteiger partial charge in [-0.3, -0.25) is 0 Å². The van der Waals surface area contributed by atoms with Crippen molar-refractivity contribution in [3.05, 3.63) is 182 Å². The van der Waals surface area contributed by atoms with Crippen LogP contribution in [0.5, 0.6) is 0 Å². The van der Waals surface area contributed by atoms with Gasteiger partial charge in [-0.05, 0) is 58.7 Å². The smallest absolute Gasteiger partial charge is 0.165 e. The highest BCUT2D eigenvalue weighted by Crippen LogP contribution is 2.43. The Labute approximate surface area is 351 Å². The molecule has 59 heavy (non-hydrogen) atoms. The van der Waals surface area contributed by atoms with Crippen LogP contribution in [0.1, 0.15) is 0 Å². The predicted octanol–water partition coefficient (Wildman–Crippen LogP) is 15.2. The number of aromatic nitrogens is 4. The molecule has 4 aromatic heterocycles. The van der Waals surface area contributed by atoms with Crippen molar-refractivity contribution >= 4 is 84.6 Å². The minimum atomic E-state index is 0.652. The summed E-state index contributed by atoms with van der Waals surface area (Å²) in [5, 5.41) is 6.06. The molecule has 0 unspecified atom stereocenters. The normalized spacial score (nSPS) is 11.7. The Hall–Kier alpha value is -6.90. The Bertz CT molecular complexity index is 3510. The van der Waals surface area contributed by atoms with Gasteiger partial charge in [0, 0.05) is 62.6 Å². The molecule has 0 amide bonds. The predicted molar refractivity (Wildman–Crippen MR) is 251 cm³/mol. The van der Waals surface area contributed by atoms with E-state index >= 15 is 0 Å². The molecule has 0 aliphatic carbocycles. The third kappa shape index (κ3) is 5.93. The van der Waals surface area contributed by atoms with Crippen LogP contribution in [0.25, 0.3) is 118 Å². The summed E-state index contributed by atoms with van der Waals surface area (Å²) >= 11 is 5.38. The van der Waals surface area contributed by atoms with E-state index in [1.807, 2.05) is 35.6 Å². The molecule has 276 valence electrons. The topological polar surface area (TPSA) is 51.6 Å². The molecule has 0 saturated heterocycles. The molecule has 0 radical (unpaired) electrons. The monoisotopic (exact) mass is 806 g/mol. The summed E-state index contributed by atoms with van der Waals surface area (Å²) < 4.78 is 6.21. The van der Waals surface area contributed by atoms with Crippen LogP contribution in [0.2, 0.25) is 0 Å². The van der Waals surface area contributed by atoms with E-state index in [9.17, 15) is 0 Å². The van der Waals surface area contributed by atoms with Gasteiger partial charge in [-0.1, -0.05) is 146 Å². The average molecular weight is 807 g/mol. The summed E-state index contributed by atoms with van der Waals surface area (Å²) in [6, 6.07) is 64.5. The molecule has 4 heterocycles. The molecule has 0 aliphatic rings. The molecule has 12 aromatic rings. The third-order valence-electron chi connectivity index (χ3n) is 11.0. The first-order valence-corrected chi connectivity index (χ1v) is 21.9. The fourth-order valence-electron chi connectivity index (χ4n) is 8.07. The number of fused-ring (bicyclic) bond motifs is 7. The Morgan fingerprint density at radius 3 is 1.61 bits per heavy atom. The third-order valence-corrected chi connectivity index (χ3v) is 14.5. The van der Waals surface area contributed by atoms with Crippen LogP contribution in [0.4, 0.5) is 0 Å². The van der Waals surface area contributed by atoms with Gasteiger partial charge in [-0.25, -0.2) is 19.9 Å². The first-order valence-electron chi connectivity index (χ1n) is 19.4. The number of hydrogen-bond donors (Lipinski definition) is 0. The van der Waals surface area contributed by atoms with E-state index in [1.54, 1.807) is 22.7 Å². The molecule has 8 aromatic carbocycles. The van der Waals surface area contributed by atoms with Gasteiger partial charge in [0.1, 0.15) is 5.01 Å². The molecule has 0 bridgehead atoms. The maximum Gasteiger partial charge on any atom is 0.165 e. The van der Waals surface area contributed by atoms with Crippen LogP contribution in [0.15, 0.2) is 182 Å². The molecular formula is C52H30N4S3. The second-order valence-electron chi connectivity index (χ2n) is 14.6. The van der Waals surface area contributed by atoms with Gasteiger partial charge in [-0.15, -0.1) is 34.0 Å². The standard InChI is InChI=1S/C52H30N4S3/c1-2-10-33(11-3-1)49-54-50(56-51(55-49)41-16-9-14-39-38-12-4-6-18-44(38)57-48(39)41)34-24-22-32(23-25-34)37-13-8-15-40-42-30-36(28-29-45(42)58-47(37)40)31-20-26-35(27-21-31)52-53-43-17-5-7-19-46(43)59-52/h1-30H. The first-order chi connectivity index (χ1) is 29.2. The van der Waals surface area contributed by atoms with Crippen molar-refractivity contribution in [2.45, 2.75) is 0 Å². The Kier molecular flexibility index (Phi) is 8.04. The molecule has 0 saturated carbocycles. The minimum Gasteiger partial charge on any atom is -0.236 e. The fourth-order valence-corrected chi connectivity index (χ4v) is 11.5. The van der Waals surface area contributed by atoms with Gasteiger partial charge in [0.25, 0.3) is 0 Å². The van der Waals surface area contributed by atoms with Gasteiger partial charge < -0.3 is 0 Å². The molecule has 0 fully saturated rings. The van der Waals surface area contributed by atoms with Crippen LogP contribution < -0.4 is 0 Å². The van der Waals surface area contributed by atoms with E-state index in [1.165, 1.54) is 61.7 Å². The van der Waals surface area contributed by atoms with E-state index < -0.39 is 0 Å². The molecule has 0 spiro atoms. The molecular weight excluding hydrogens is 777 g/mol. The number of nitrogens with zero attached hydrogens (tertiary/aromatic N) is 4. The molecule has 0 aliphatic heterocycles. The Morgan fingerprint density at radius 1 is 0.288 bits per heavy atom. The zero-order valence-electron chi connectivity index (χ0n) is 31.3. The minimum absolute atomic E-state index is 0.652. The summed E-state index contributed by atoms with van der Waals surface area (Å²) in [7, 11) is 0. The maximum absolute atomic E-state index is 5.15. The molecule has 12 rings (SSSR count). The molecule has 4 nitrogen and oxygen atoms in total. The van der Waals surface area contributed by atoms with Crippen molar-refractivity contribution in [1.82, 2.24) is 19.9 Å². The number of thiazole rings is 1. The van der Waals surface area contributed by atoms with Gasteiger partial charge in [-0.2, -0.15) is 0 Å². The summed E-state index contributed by atoms with van der Waals surface area (Å²) in [5.41, 5.74) is 9.89. The summed E-state index contributed by atoms with van der Waals surface area (Å²) in [6.07, 6.45) is 0. The zero-order chi connectivity index (χ0) is 38.9. The summed E-state index contributed by atoms with van der Waals surface area (Å²) in [4.78, 5) is 20.1. The van der Waals surface area contributed by atoms with Crippen LogP contribution in [-0.2, 0) is 0 Å². The van der Waals surface area contributed by atoms with Crippen molar-refractivity contribution in [2.24, 2.45) is 0 Å². The van der Waals surface area contributed by atoms with E-state index in [0.717, 1.165) is 38.3 Å². The van der Waals surface area contributed by atoms with Crippen LogP contribution in [0, 0.1) is 0 Å². The van der Waals surface area contributed by atoms with E-state index in [2.05, 4.69) is 158 Å². The summed E-state index contributed by atoms with van der Waals surface area (Å²) in [6.45, 7) is 0. The number of thiophene rings is 2. The highest BCUT2D eigenvalue weighted by molar-refractivity contribution is 7.26. The lowest BCUT2D eigenvalue weighted by Gasteiger charge is -2.10. The number of para-hydroxylation sites is 1. The average Bonchev–Trinajstić information content (AvgIpc) is 4.03. The van der Waals surface area contributed by atoms with Crippen molar-refractivity contribution in [3.63, 3.8) is 0 Å². The van der Waals surface area contributed by atoms with Gasteiger partial charge in [0.2, 0.25) is 0 Å². The van der Waals surface area contributed by atoms with Gasteiger partial charge in [0.05, 0.1) is 10.2 Å². The number of rotatable bonds is 6. The lowest BCUT2D eigenvalue weighted by molar-refractivity contribution is 1.08. The van der Waals surface area contributed by atoms with E-state index in [4.69, 9.17) is 19.9 Å². The van der Waals surface area contributed by atoms with Crippen molar-refractivity contribution < 1.29 is 0 Å². The van der Waals surface area contributed by atoms with E-state index in [-0.39, 0.29) is 0 Å². The van der Waals surface area contributed by atoms with Gasteiger partial charge >= 0.3 is 0 Å². The van der Waals surface area contributed by atoms with Gasteiger partial charge in [0.15, 0.2) is 17.5 Å². The lowest BCUT2D eigenvalue weighted by atomic mass is 9.99. The quantitative estimate of drug-likeness (QED) is 0.168. The highest BCUT2D eigenvalue weighted by Gasteiger charge is 2.18. The SMILES string of the molecule is c1ccc(-c2nc(-c3ccc(-c4cccc5c4sc4ccc(-c6ccc(-c7nc8ccccc8s7)cc6)cc45)cc3)nc(-c3cccc4c3sc3ccccc34)n2)cc1. The van der Waals surface area contributed by atoms with Crippen LogP contribution in [-0.4, -0.2) is 19.9 Å². The second-order valence-corrected chi connectivity index (χ2v) is 17.7. The zero-order valence-corrected chi connectivity index (χ0v) is 33.8. The first kappa shape index (κ1) is 34.2. The summed E-state index contributed by atoms with van der Waals surface area (Å²) in [5.74, 6) is 1.99. The number of benzene rings is 8. The number of hydrogen-bond acceptors (Lipinski definition) is 7. The molecule has 0 atom stereocenters. The van der Waals surface area contributed by atoms with Crippen molar-refractivity contribution in [1.29, 1.82) is 0 Å². The van der Waals surface area contributed by atoms with Crippen LogP contribution in [0.3, 0.4) is 0 Å². The van der Waals surface area contributed by atoms with Crippen LogP contribution >= 0.6 is 34.0 Å². The van der Waals surface area contributed by atoms with E-state index in [0.29, 0.717) is 17.5 Å². The van der Waals surface area contributed by atoms with Crippen molar-refractivity contribution in [2.75, 3.05) is 0 Å². The largest absolute Gasteiger partial charge is 0.236 e. The van der Waals surface area contributed by atoms with Crippen molar-refractivity contribution in [3.8, 4) is 67.0 Å². The maximum atomic E-state index is 5.15. The highest BCUT2D eigenvalue weighted by atomic mass is 32.1. The lowest BCUT2D eigenvalue weighted by Crippen LogP contribution is -2.00. The second kappa shape index (κ2) is 13.9. The fraction of sp³-hybridized carbons (Fsp3) is 0. The Morgan fingerprint density at radius 2 is 0.831 bits per heavy atom.